The van der Waals surface area contributed by atoms with Gasteiger partial charge in [0.1, 0.15) is 5.82 Å². The number of hydrogen-bond acceptors (Lipinski definition) is 5. The molecule has 4 N–H and O–H groups in total. The van der Waals surface area contributed by atoms with Crippen molar-refractivity contribution in [3.63, 3.8) is 0 Å². The number of aromatic nitrogens is 3. The number of nitrogens with one attached hydrogen (secondary N) is 2. The Kier molecular flexibility index (Phi) is 5.18. The van der Waals surface area contributed by atoms with E-state index in [0.29, 0.717) is 18.1 Å². The molecule has 0 bridgehead atoms. The third-order valence-electron chi connectivity index (χ3n) is 5.40. The third kappa shape index (κ3) is 3.74. The zero-order chi connectivity index (χ0) is 21.3. The molecule has 0 fully saturated rings. The fourth-order valence-corrected chi connectivity index (χ4v) is 3.63. The van der Waals surface area contributed by atoms with Crippen LogP contribution >= 0.6 is 0 Å². The number of nitrogens with two attached hydrogens (primary N) is 1. The van der Waals surface area contributed by atoms with Crippen LogP contribution in [0.2, 0.25) is 0 Å². The number of halogens is 1. The lowest BCUT2D eigenvalue weighted by atomic mass is 9.92. The molecular formula is C23H23FN6. The van der Waals surface area contributed by atoms with Crippen molar-refractivity contribution in [2.24, 2.45) is 18.7 Å². The van der Waals surface area contributed by atoms with Crippen molar-refractivity contribution in [1.29, 1.82) is 5.41 Å². The van der Waals surface area contributed by atoms with Crippen LogP contribution in [0.4, 0.5) is 10.2 Å². The number of fused-ring (bicyclic) bond motifs is 1. The Morgan fingerprint density at radius 1 is 1.33 bits per heavy atom. The van der Waals surface area contributed by atoms with Crippen LogP contribution in [0.25, 0.3) is 22.3 Å². The maximum Gasteiger partial charge on any atom is 0.210 e. The monoisotopic (exact) mass is 402 g/mol. The highest BCUT2D eigenvalue weighted by atomic mass is 19.1. The van der Waals surface area contributed by atoms with Gasteiger partial charge in [-0.2, -0.15) is 4.39 Å². The third-order valence-corrected chi connectivity index (χ3v) is 5.40. The molecule has 7 heteroatoms. The molecule has 152 valence electrons. The largest absolute Gasteiger partial charge is 0.404 e. The predicted octanol–water partition coefficient (Wildman–Crippen LogP) is 4.60. The van der Waals surface area contributed by atoms with Crippen LogP contribution in [0.15, 0.2) is 72.2 Å². The molecule has 1 aliphatic carbocycles. The Hall–Kier alpha value is -3.74. The number of nitrogens with zero attached hydrogens (tertiary/aromatic N) is 3. The number of anilines is 1. The minimum Gasteiger partial charge on any atom is -0.404 e. The molecule has 0 saturated heterocycles. The predicted molar refractivity (Wildman–Crippen MR) is 119 cm³/mol. The Balaban J connectivity index is 1.54. The topological polar surface area (TPSA) is 92.6 Å². The summed E-state index contributed by atoms with van der Waals surface area (Å²) in [5, 5.41) is 11.6. The SMILES string of the molecule is Cc1cc2ccc(-c3nccc(NC4=CCC(C(=CN)C(=N)F)C=C4)n3)cc2n1C. The summed E-state index contributed by atoms with van der Waals surface area (Å²) in [6.07, 6.45) is 9.06. The minimum absolute atomic E-state index is 0.192. The molecule has 2 heterocycles. The molecule has 1 aromatic carbocycles. The normalized spacial score (nSPS) is 16.6. The lowest BCUT2D eigenvalue weighted by Gasteiger charge is -2.18. The molecule has 0 spiro atoms. The van der Waals surface area contributed by atoms with Crippen molar-refractivity contribution in [2.75, 3.05) is 5.32 Å². The molecule has 6 nitrogen and oxygen atoms in total. The number of hydrogen-bond donors (Lipinski definition) is 3. The second-order valence-electron chi connectivity index (χ2n) is 7.31. The molecule has 0 amide bonds. The Bertz CT molecular complexity index is 1220. The number of aryl methyl sites for hydroxylation is 2. The lowest BCUT2D eigenvalue weighted by molar-refractivity contribution is 0.724. The molecule has 0 aliphatic heterocycles. The van der Waals surface area contributed by atoms with E-state index in [0.717, 1.165) is 23.0 Å². The first kappa shape index (κ1) is 19.6. The van der Waals surface area contributed by atoms with Crippen LogP contribution in [0.5, 0.6) is 0 Å². The van der Waals surface area contributed by atoms with E-state index in [1.54, 1.807) is 12.3 Å². The van der Waals surface area contributed by atoms with Crippen LogP contribution in [0, 0.1) is 18.3 Å². The first-order valence-corrected chi connectivity index (χ1v) is 9.67. The second kappa shape index (κ2) is 7.94. The van der Waals surface area contributed by atoms with Crippen LogP contribution in [-0.2, 0) is 7.05 Å². The van der Waals surface area contributed by atoms with E-state index >= 15 is 0 Å². The maximum absolute atomic E-state index is 13.3. The van der Waals surface area contributed by atoms with E-state index in [4.69, 9.17) is 11.1 Å². The van der Waals surface area contributed by atoms with E-state index in [1.807, 2.05) is 31.3 Å². The molecule has 0 saturated carbocycles. The fourth-order valence-electron chi connectivity index (χ4n) is 3.63. The van der Waals surface area contributed by atoms with E-state index in [-0.39, 0.29) is 11.5 Å². The molecule has 1 unspecified atom stereocenters. The van der Waals surface area contributed by atoms with Crippen molar-refractivity contribution in [2.45, 2.75) is 13.3 Å². The molecule has 30 heavy (non-hydrogen) atoms. The highest BCUT2D eigenvalue weighted by Crippen LogP contribution is 2.27. The Labute approximate surface area is 174 Å². The minimum atomic E-state index is -0.997. The van der Waals surface area contributed by atoms with E-state index < -0.39 is 5.97 Å². The lowest BCUT2D eigenvalue weighted by Crippen LogP contribution is -2.12. The molecule has 1 atom stereocenters. The van der Waals surface area contributed by atoms with Gasteiger partial charge < -0.3 is 15.6 Å². The van der Waals surface area contributed by atoms with Gasteiger partial charge in [0.15, 0.2) is 5.82 Å². The van der Waals surface area contributed by atoms with Gasteiger partial charge in [-0.05, 0) is 43.0 Å². The van der Waals surface area contributed by atoms with Gasteiger partial charge in [0, 0.05) is 53.4 Å². The van der Waals surface area contributed by atoms with Crippen molar-refractivity contribution in [3.8, 4) is 11.4 Å². The van der Waals surface area contributed by atoms with Gasteiger partial charge in [0.05, 0.1) is 0 Å². The zero-order valence-corrected chi connectivity index (χ0v) is 16.9. The van der Waals surface area contributed by atoms with Gasteiger partial charge in [-0.15, -0.1) is 0 Å². The van der Waals surface area contributed by atoms with Gasteiger partial charge >= 0.3 is 0 Å². The molecular weight excluding hydrogens is 379 g/mol. The standard InChI is InChI=1S/C23H23FN6/c1-14-11-16-3-4-17(12-20(16)30(14)2)23-27-10-9-21(29-23)28-18-7-5-15(6-8-18)19(13-25)22(24)26/h3-5,7-13,15,26H,6,25H2,1-2H3,(H,27,28,29). The van der Waals surface area contributed by atoms with Crippen molar-refractivity contribution in [1.82, 2.24) is 14.5 Å². The van der Waals surface area contributed by atoms with Crippen LogP contribution in [-0.4, -0.2) is 20.5 Å². The molecule has 1 aliphatic rings. The number of rotatable bonds is 5. The molecule has 4 rings (SSSR count). The van der Waals surface area contributed by atoms with Gasteiger partial charge in [0.25, 0.3) is 0 Å². The average molecular weight is 402 g/mol. The first-order chi connectivity index (χ1) is 14.5. The zero-order valence-electron chi connectivity index (χ0n) is 16.9. The quantitative estimate of drug-likeness (QED) is 0.544. The smallest absolute Gasteiger partial charge is 0.210 e. The van der Waals surface area contributed by atoms with Crippen LogP contribution < -0.4 is 11.1 Å². The summed E-state index contributed by atoms with van der Waals surface area (Å²) < 4.78 is 15.4. The number of benzene rings is 1. The van der Waals surface area contributed by atoms with Crippen molar-refractivity contribution in [3.05, 3.63) is 77.9 Å². The van der Waals surface area contributed by atoms with Crippen molar-refractivity contribution >= 4 is 22.7 Å². The van der Waals surface area contributed by atoms with E-state index in [1.165, 1.54) is 11.1 Å². The first-order valence-electron chi connectivity index (χ1n) is 9.67. The summed E-state index contributed by atoms with van der Waals surface area (Å²) in [4.78, 5) is 9.07. The average Bonchev–Trinajstić information content (AvgIpc) is 3.03. The summed E-state index contributed by atoms with van der Waals surface area (Å²) >= 11 is 0. The summed E-state index contributed by atoms with van der Waals surface area (Å²) in [7, 11) is 2.05. The molecule has 0 radical (unpaired) electrons. The summed E-state index contributed by atoms with van der Waals surface area (Å²) in [6, 6.07) is 10.2. The Morgan fingerprint density at radius 3 is 2.87 bits per heavy atom. The molecule has 3 aromatic rings. The van der Waals surface area contributed by atoms with E-state index in [9.17, 15) is 4.39 Å². The van der Waals surface area contributed by atoms with E-state index in [2.05, 4.69) is 45.0 Å². The van der Waals surface area contributed by atoms with Gasteiger partial charge in [0.2, 0.25) is 5.97 Å². The fraction of sp³-hybridized carbons (Fsp3) is 0.174. The van der Waals surface area contributed by atoms with Gasteiger partial charge in [-0.3, -0.25) is 5.41 Å². The van der Waals surface area contributed by atoms with Gasteiger partial charge in [-0.1, -0.05) is 24.3 Å². The highest BCUT2D eigenvalue weighted by molar-refractivity contribution is 5.90. The highest BCUT2D eigenvalue weighted by Gasteiger charge is 2.17. The van der Waals surface area contributed by atoms with Gasteiger partial charge in [-0.25, -0.2) is 9.97 Å². The summed E-state index contributed by atoms with van der Waals surface area (Å²) in [6.45, 7) is 2.08. The summed E-state index contributed by atoms with van der Waals surface area (Å²) in [5.41, 5.74) is 9.77. The second-order valence-corrected chi connectivity index (χ2v) is 7.31. The Morgan fingerprint density at radius 2 is 2.17 bits per heavy atom. The van der Waals surface area contributed by atoms with Crippen LogP contribution in [0.1, 0.15) is 12.1 Å². The maximum atomic E-state index is 13.3. The van der Waals surface area contributed by atoms with Crippen molar-refractivity contribution < 1.29 is 4.39 Å². The summed E-state index contributed by atoms with van der Waals surface area (Å²) in [5.74, 6) is 0.0749. The van der Waals surface area contributed by atoms with Crippen LogP contribution in [0.3, 0.4) is 0 Å². The number of allylic oxidation sites excluding steroid dienone is 4. The molecule has 2 aromatic heterocycles.